The summed E-state index contributed by atoms with van der Waals surface area (Å²) in [4.78, 5) is 31.6. The molecule has 8 heteroatoms. The molecule has 0 aliphatic rings. The number of carbonyl (C=O) groups is 2. The smallest absolute Gasteiger partial charge is 0.339 e. The molecule has 0 spiro atoms. The normalized spacial score (nSPS) is 10.6. The van der Waals surface area contributed by atoms with E-state index >= 15 is 0 Å². The van der Waals surface area contributed by atoms with Crippen LogP contribution in [-0.2, 0) is 21.8 Å². The van der Waals surface area contributed by atoms with Crippen LogP contribution in [0.4, 0.5) is 0 Å². The number of aryl methyl sites for hydroxylation is 1. The summed E-state index contributed by atoms with van der Waals surface area (Å²) >= 11 is 4.73. The Morgan fingerprint density at radius 2 is 2.04 bits per heavy atom. The van der Waals surface area contributed by atoms with Gasteiger partial charge in [0.15, 0.2) is 6.61 Å². The number of rotatable bonds is 8. The Bertz CT molecular complexity index is 938. The molecule has 0 N–H and O–H groups in total. The number of aromatic nitrogens is 1. The van der Waals surface area contributed by atoms with Crippen LogP contribution in [0, 0.1) is 6.92 Å². The molecular formula is C20H20N2O3S3. The fourth-order valence-corrected chi connectivity index (χ4v) is 4.76. The first-order valence-electron chi connectivity index (χ1n) is 8.58. The lowest BCUT2D eigenvalue weighted by Crippen LogP contribution is -2.30. The van der Waals surface area contributed by atoms with Crippen LogP contribution >= 0.6 is 34.4 Å². The van der Waals surface area contributed by atoms with Crippen molar-refractivity contribution in [3.63, 3.8) is 0 Å². The highest BCUT2D eigenvalue weighted by molar-refractivity contribution is 7.98. The molecule has 0 bridgehead atoms. The van der Waals surface area contributed by atoms with Crippen molar-refractivity contribution < 1.29 is 14.3 Å². The van der Waals surface area contributed by atoms with E-state index in [2.05, 4.69) is 4.98 Å². The Kier molecular flexibility index (Phi) is 7.24. The predicted octanol–water partition coefficient (Wildman–Crippen LogP) is 4.62. The van der Waals surface area contributed by atoms with Crippen molar-refractivity contribution in [3.8, 4) is 0 Å². The van der Waals surface area contributed by atoms with E-state index in [4.69, 9.17) is 4.74 Å². The third-order valence-corrected chi connectivity index (χ3v) is 6.56. The lowest BCUT2D eigenvalue weighted by atomic mass is 10.2. The molecule has 146 valence electrons. The molecule has 2 aromatic heterocycles. The second-order valence-electron chi connectivity index (χ2n) is 6.10. The van der Waals surface area contributed by atoms with E-state index in [0.29, 0.717) is 17.9 Å². The van der Waals surface area contributed by atoms with Crippen molar-refractivity contribution in [2.75, 3.05) is 13.7 Å². The Morgan fingerprint density at radius 3 is 2.75 bits per heavy atom. The number of likely N-dealkylation sites (N-methyl/N-ethyl adjacent to an activating group) is 1. The van der Waals surface area contributed by atoms with Gasteiger partial charge >= 0.3 is 5.97 Å². The molecule has 28 heavy (non-hydrogen) atoms. The number of thiophene rings is 1. The van der Waals surface area contributed by atoms with E-state index in [1.165, 1.54) is 11.8 Å². The zero-order chi connectivity index (χ0) is 19.9. The van der Waals surface area contributed by atoms with E-state index < -0.39 is 5.97 Å². The van der Waals surface area contributed by atoms with Crippen LogP contribution in [0.3, 0.4) is 0 Å². The third-order valence-electron chi connectivity index (χ3n) is 3.90. The van der Waals surface area contributed by atoms with Crippen molar-refractivity contribution in [2.45, 2.75) is 24.1 Å². The maximum atomic E-state index is 12.5. The number of amides is 1. The standard InChI is InChI=1S/C20H20N2O3S3/c1-14-21-16(12-27-14)13-28-18-6-4-3-5-17(18)20(24)25-10-19(23)22(2)9-15-7-8-26-11-15/h3-8,11-12H,9-10,13H2,1-2H3. The lowest BCUT2D eigenvalue weighted by Gasteiger charge is -2.16. The van der Waals surface area contributed by atoms with Gasteiger partial charge in [-0.1, -0.05) is 12.1 Å². The molecule has 0 fully saturated rings. The largest absolute Gasteiger partial charge is 0.452 e. The van der Waals surface area contributed by atoms with Crippen molar-refractivity contribution in [1.82, 2.24) is 9.88 Å². The summed E-state index contributed by atoms with van der Waals surface area (Å²) in [6.45, 7) is 2.19. The van der Waals surface area contributed by atoms with Crippen LogP contribution in [0.2, 0.25) is 0 Å². The molecule has 1 amide bonds. The van der Waals surface area contributed by atoms with E-state index in [1.54, 1.807) is 46.8 Å². The van der Waals surface area contributed by atoms with Crippen LogP contribution in [0.15, 0.2) is 51.4 Å². The van der Waals surface area contributed by atoms with Gasteiger partial charge in [-0.2, -0.15) is 11.3 Å². The van der Waals surface area contributed by atoms with Crippen molar-refractivity contribution in [2.24, 2.45) is 0 Å². The van der Waals surface area contributed by atoms with Crippen LogP contribution in [0.5, 0.6) is 0 Å². The highest BCUT2D eigenvalue weighted by atomic mass is 32.2. The number of esters is 1. The summed E-state index contributed by atoms with van der Waals surface area (Å²) in [6, 6.07) is 9.24. The Labute approximate surface area is 176 Å². The molecule has 1 aromatic carbocycles. The number of nitrogens with zero attached hydrogens (tertiary/aromatic N) is 2. The Morgan fingerprint density at radius 1 is 1.21 bits per heavy atom. The van der Waals surface area contributed by atoms with Crippen LogP contribution in [0.25, 0.3) is 0 Å². The predicted molar refractivity (Wildman–Crippen MR) is 114 cm³/mol. The number of benzene rings is 1. The average Bonchev–Trinajstić information content (AvgIpc) is 3.36. The van der Waals surface area contributed by atoms with Crippen molar-refractivity contribution in [1.29, 1.82) is 0 Å². The van der Waals surface area contributed by atoms with Crippen LogP contribution in [-0.4, -0.2) is 35.4 Å². The molecule has 0 unspecified atom stereocenters. The highest BCUT2D eigenvalue weighted by Crippen LogP contribution is 2.27. The topological polar surface area (TPSA) is 59.5 Å². The summed E-state index contributed by atoms with van der Waals surface area (Å²) in [5.74, 6) is -0.0470. The van der Waals surface area contributed by atoms with Gasteiger partial charge in [-0.3, -0.25) is 4.79 Å². The van der Waals surface area contributed by atoms with Gasteiger partial charge in [0, 0.05) is 29.6 Å². The first kappa shape index (κ1) is 20.6. The number of thioether (sulfide) groups is 1. The van der Waals surface area contributed by atoms with Crippen molar-refractivity contribution in [3.05, 3.63) is 68.3 Å². The Hall–Kier alpha value is -2.16. The van der Waals surface area contributed by atoms with Gasteiger partial charge in [0.25, 0.3) is 5.91 Å². The summed E-state index contributed by atoms with van der Waals surface area (Å²) in [5, 5.41) is 7.00. The average molecular weight is 433 g/mol. The number of carbonyl (C=O) groups excluding carboxylic acids is 2. The quantitative estimate of drug-likeness (QED) is 0.384. The molecule has 2 heterocycles. The summed E-state index contributed by atoms with van der Waals surface area (Å²) in [6.07, 6.45) is 0. The minimum absolute atomic E-state index is 0.234. The number of thiazole rings is 1. The molecule has 0 aliphatic heterocycles. The monoisotopic (exact) mass is 432 g/mol. The van der Waals surface area contributed by atoms with Gasteiger partial charge in [-0.05, 0) is 41.4 Å². The van der Waals surface area contributed by atoms with Gasteiger partial charge in [-0.15, -0.1) is 23.1 Å². The van der Waals surface area contributed by atoms with Crippen molar-refractivity contribution >= 4 is 46.3 Å². The minimum Gasteiger partial charge on any atom is -0.452 e. The van der Waals surface area contributed by atoms with E-state index in [1.807, 2.05) is 41.3 Å². The second-order valence-corrected chi connectivity index (χ2v) is 8.96. The maximum Gasteiger partial charge on any atom is 0.339 e. The number of hydrogen-bond acceptors (Lipinski definition) is 7. The first-order valence-corrected chi connectivity index (χ1v) is 11.4. The molecule has 0 radical (unpaired) electrons. The number of hydrogen-bond donors (Lipinski definition) is 0. The van der Waals surface area contributed by atoms with Crippen LogP contribution < -0.4 is 0 Å². The molecule has 0 saturated heterocycles. The molecule has 3 rings (SSSR count). The first-order chi connectivity index (χ1) is 13.5. The van der Waals surface area contributed by atoms with Gasteiger partial charge in [0.2, 0.25) is 0 Å². The van der Waals surface area contributed by atoms with Gasteiger partial charge < -0.3 is 9.64 Å². The highest BCUT2D eigenvalue weighted by Gasteiger charge is 2.17. The molecule has 0 saturated carbocycles. The van der Waals surface area contributed by atoms with Crippen LogP contribution in [0.1, 0.15) is 26.6 Å². The van der Waals surface area contributed by atoms with E-state index in [9.17, 15) is 9.59 Å². The SMILES string of the molecule is Cc1nc(CSc2ccccc2C(=O)OCC(=O)N(C)Cc2ccsc2)cs1. The molecule has 0 aliphatic carbocycles. The zero-order valence-corrected chi connectivity index (χ0v) is 18.0. The molecule has 5 nitrogen and oxygen atoms in total. The Balaban J connectivity index is 1.55. The molecular weight excluding hydrogens is 412 g/mol. The summed E-state index contributed by atoms with van der Waals surface area (Å²) in [5.41, 5.74) is 2.51. The maximum absolute atomic E-state index is 12.5. The summed E-state index contributed by atoms with van der Waals surface area (Å²) in [7, 11) is 1.70. The fraction of sp³-hybridized carbons (Fsp3) is 0.250. The molecule has 3 aromatic rings. The summed E-state index contributed by atoms with van der Waals surface area (Å²) < 4.78 is 5.27. The molecule has 0 atom stereocenters. The fourth-order valence-electron chi connectivity index (χ4n) is 2.45. The lowest BCUT2D eigenvalue weighted by molar-refractivity contribution is -0.133. The number of ether oxygens (including phenoxy) is 1. The van der Waals surface area contributed by atoms with E-state index in [-0.39, 0.29) is 12.5 Å². The van der Waals surface area contributed by atoms with Gasteiger partial charge in [-0.25, -0.2) is 9.78 Å². The van der Waals surface area contributed by atoms with Gasteiger partial charge in [0.1, 0.15) is 0 Å². The third kappa shape index (κ3) is 5.67. The van der Waals surface area contributed by atoms with Gasteiger partial charge in [0.05, 0.1) is 16.3 Å². The minimum atomic E-state index is -0.491. The zero-order valence-electron chi connectivity index (χ0n) is 15.6. The van der Waals surface area contributed by atoms with E-state index in [0.717, 1.165) is 21.2 Å². The second kappa shape index (κ2) is 9.86.